The van der Waals surface area contributed by atoms with Crippen LogP contribution in [-0.4, -0.2) is 42.8 Å². The lowest BCUT2D eigenvalue weighted by Gasteiger charge is -2.25. The Bertz CT molecular complexity index is 1300. The molecule has 1 amide bonds. The van der Waals surface area contributed by atoms with E-state index >= 15 is 0 Å². The van der Waals surface area contributed by atoms with Gasteiger partial charge in [0.25, 0.3) is 5.56 Å². The summed E-state index contributed by atoms with van der Waals surface area (Å²) in [6.07, 6.45) is 1.85. The highest BCUT2D eigenvalue weighted by atomic mass is 32.2. The van der Waals surface area contributed by atoms with Crippen molar-refractivity contribution in [3.05, 3.63) is 70.5 Å². The summed E-state index contributed by atoms with van der Waals surface area (Å²) < 4.78 is 3.58. The maximum absolute atomic E-state index is 13.0. The number of benzene rings is 2. The molecule has 0 aliphatic rings. The van der Waals surface area contributed by atoms with Crippen LogP contribution in [0.4, 0.5) is 0 Å². The Hall–Kier alpha value is -3.13. The first-order valence-electron chi connectivity index (χ1n) is 10.8. The number of aryl methyl sites for hydroxylation is 1. The summed E-state index contributed by atoms with van der Waals surface area (Å²) in [5.74, 6) is 0.756. The summed E-state index contributed by atoms with van der Waals surface area (Å²) >= 11 is 1.34. The minimum absolute atomic E-state index is 0.00622. The number of nitrogens with zero attached hydrogens (tertiary/aromatic N) is 5. The fourth-order valence-corrected chi connectivity index (χ4v) is 4.61. The number of fused-ring (bicyclic) bond motifs is 3. The number of rotatable bonds is 8. The lowest BCUT2D eigenvalue weighted by atomic mass is 10.1. The van der Waals surface area contributed by atoms with Crippen molar-refractivity contribution >= 4 is 34.3 Å². The molecule has 1 unspecified atom stereocenters. The molecule has 0 aliphatic carbocycles. The molecule has 0 spiro atoms. The average molecular weight is 450 g/mol. The van der Waals surface area contributed by atoms with Gasteiger partial charge in [-0.1, -0.05) is 67.6 Å². The van der Waals surface area contributed by atoms with Gasteiger partial charge in [0.2, 0.25) is 11.7 Å². The number of amides is 1. The van der Waals surface area contributed by atoms with E-state index in [1.807, 2.05) is 73.0 Å². The molecule has 0 aliphatic heterocycles. The normalized spacial score (nSPS) is 12.3. The van der Waals surface area contributed by atoms with Gasteiger partial charge in [-0.2, -0.15) is 0 Å². The zero-order valence-electron chi connectivity index (χ0n) is 18.6. The van der Waals surface area contributed by atoms with Crippen molar-refractivity contribution in [2.24, 2.45) is 0 Å². The first-order valence-corrected chi connectivity index (χ1v) is 11.8. The van der Waals surface area contributed by atoms with E-state index in [1.54, 1.807) is 9.47 Å². The monoisotopic (exact) mass is 449 g/mol. The van der Waals surface area contributed by atoms with Gasteiger partial charge in [-0.15, -0.1) is 10.2 Å². The summed E-state index contributed by atoms with van der Waals surface area (Å²) in [4.78, 5) is 27.7. The van der Waals surface area contributed by atoms with Crippen molar-refractivity contribution in [3.63, 3.8) is 0 Å². The number of unbranched alkanes of at least 4 members (excludes halogenated alkanes) is 1. The predicted molar refractivity (Wildman–Crippen MR) is 128 cm³/mol. The third kappa shape index (κ3) is 4.14. The zero-order chi connectivity index (χ0) is 22.7. The number of hydrogen-bond acceptors (Lipinski definition) is 5. The van der Waals surface area contributed by atoms with Crippen LogP contribution in [0, 0.1) is 0 Å². The number of thioether (sulfide) groups is 1. The molecule has 8 heteroatoms. The van der Waals surface area contributed by atoms with E-state index < -0.39 is 0 Å². The molecule has 7 nitrogen and oxygen atoms in total. The minimum atomic E-state index is -0.0574. The van der Waals surface area contributed by atoms with E-state index in [-0.39, 0.29) is 23.3 Å². The summed E-state index contributed by atoms with van der Waals surface area (Å²) in [5.41, 5.74) is 1.79. The van der Waals surface area contributed by atoms with Gasteiger partial charge < -0.3 is 4.90 Å². The first kappa shape index (κ1) is 22.1. The highest BCUT2D eigenvalue weighted by Gasteiger charge is 2.20. The molecule has 2 heterocycles. The Morgan fingerprint density at radius 2 is 1.81 bits per heavy atom. The average Bonchev–Trinajstić information content (AvgIpc) is 3.26. The fourth-order valence-electron chi connectivity index (χ4n) is 3.74. The number of hydrogen-bond donors (Lipinski definition) is 0. The van der Waals surface area contributed by atoms with Gasteiger partial charge >= 0.3 is 0 Å². The highest BCUT2D eigenvalue weighted by Crippen LogP contribution is 2.24. The van der Waals surface area contributed by atoms with E-state index in [9.17, 15) is 9.59 Å². The molecule has 4 rings (SSSR count). The highest BCUT2D eigenvalue weighted by molar-refractivity contribution is 7.99. The Labute approximate surface area is 191 Å². The smallest absolute Gasteiger partial charge is 0.262 e. The number of carbonyl (C=O) groups excluding carboxylic acids is 1. The van der Waals surface area contributed by atoms with Crippen molar-refractivity contribution in [1.82, 2.24) is 24.1 Å². The van der Waals surface area contributed by atoms with E-state index in [0.717, 1.165) is 23.9 Å². The fraction of sp³-hybridized carbons (Fsp3) is 0.333. The van der Waals surface area contributed by atoms with Gasteiger partial charge in [-0.05, 0) is 31.0 Å². The molecule has 32 heavy (non-hydrogen) atoms. The van der Waals surface area contributed by atoms with Crippen LogP contribution in [0.1, 0.15) is 38.3 Å². The second-order valence-corrected chi connectivity index (χ2v) is 8.77. The summed E-state index contributed by atoms with van der Waals surface area (Å²) in [6, 6.07) is 17.4. The molecule has 2 aromatic heterocycles. The molecule has 1 atom stereocenters. The lowest BCUT2D eigenvalue weighted by molar-refractivity contribution is -0.128. The SMILES string of the molecule is CCCCn1c(=O)c2ccccc2n2c(SCC(=O)N(C)C(C)c3ccccc3)nnc12. The first-order chi connectivity index (χ1) is 15.5. The maximum atomic E-state index is 13.0. The number of para-hydroxylation sites is 1. The molecule has 0 saturated carbocycles. The van der Waals surface area contributed by atoms with Crippen molar-refractivity contribution in [3.8, 4) is 0 Å². The third-order valence-electron chi connectivity index (χ3n) is 5.79. The quantitative estimate of drug-likeness (QED) is 0.378. The standard InChI is InChI=1S/C24H27N5O2S/c1-4-5-15-28-22(31)19-13-9-10-14-20(19)29-23(28)25-26-24(29)32-16-21(30)27(3)17(2)18-11-7-6-8-12-18/h6-14,17H,4-5,15-16H2,1-3H3. The molecule has 0 N–H and O–H groups in total. The Morgan fingerprint density at radius 3 is 2.56 bits per heavy atom. The van der Waals surface area contributed by atoms with Crippen LogP contribution >= 0.6 is 11.8 Å². The van der Waals surface area contributed by atoms with E-state index in [0.29, 0.717) is 22.9 Å². The van der Waals surface area contributed by atoms with Gasteiger partial charge in [0.1, 0.15) is 0 Å². The lowest BCUT2D eigenvalue weighted by Crippen LogP contribution is -2.31. The molecule has 166 valence electrons. The minimum Gasteiger partial charge on any atom is -0.338 e. The third-order valence-corrected chi connectivity index (χ3v) is 6.71. The summed E-state index contributed by atoms with van der Waals surface area (Å²) in [6.45, 7) is 4.69. The van der Waals surface area contributed by atoms with Crippen LogP contribution in [-0.2, 0) is 11.3 Å². The van der Waals surface area contributed by atoms with E-state index in [2.05, 4.69) is 17.1 Å². The second-order valence-electron chi connectivity index (χ2n) is 7.83. The largest absolute Gasteiger partial charge is 0.338 e. The maximum Gasteiger partial charge on any atom is 0.262 e. The number of carbonyl (C=O) groups is 1. The second kappa shape index (κ2) is 9.56. The van der Waals surface area contributed by atoms with Crippen LogP contribution in [0.5, 0.6) is 0 Å². The Morgan fingerprint density at radius 1 is 1.09 bits per heavy atom. The van der Waals surface area contributed by atoms with Crippen LogP contribution in [0.2, 0.25) is 0 Å². The molecule has 4 aromatic rings. The van der Waals surface area contributed by atoms with Gasteiger partial charge in [0.15, 0.2) is 5.16 Å². The molecular formula is C24H27N5O2S. The van der Waals surface area contributed by atoms with Crippen LogP contribution in [0.3, 0.4) is 0 Å². The number of aromatic nitrogens is 4. The molecule has 0 fully saturated rings. The molecule has 0 bridgehead atoms. The molecule has 0 radical (unpaired) electrons. The van der Waals surface area contributed by atoms with Gasteiger partial charge in [-0.25, -0.2) is 0 Å². The molecule has 2 aromatic carbocycles. The predicted octanol–water partition coefficient (Wildman–Crippen LogP) is 4.16. The molecule has 0 saturated heterocycles. The van der Waals surface area contributed by atoms with E-state index in [4.69, 9.17) is 0 Å². The van der Waals surface area contributed by atoms with Crippen molar-refractivity contribution in [2.45, 2.75) is 44.4 Å². The van der Waals surface area contributed by atoms with E-state index in [1.165, 1.54) is 11.8 Å². The van der Waals surface area contributed by atoms with Crippen LogP contribution in [0.15, 0.2) is 64.5 Å². The summed E-state index contributed by atoms with van der Waals surface area (Å²) in [5, 5.41) is 9.88. The van der Waals surface area contributed by atoms with Crippen LogP contribution < -0.4 is 5.56 Å². The van der Waals surface area contributed by atoms with Crippen molar-refractivity contribution in [1.29, 1.82) is 0 Å². The van der Waals surface area contributed by atoms with Crippen LogP contribution in [0.25, 0.3) is 16.7 Å². The zero-order valence-corrected chi connectivity index (χ0v) is 19.4. The molecular weight excluding hydrogens is 422 g/mol. The summed E-state index contributed by atoms with van der Waals surface area (Å²) in [7, 11) is 1.82. The Balaban J connectivity index is 1.63. The Kier molecular flexibility index (Phi) is 6.60. The topological polar surface area (TPSA) is 72.5 Å². The van der Waals surface area contributed by atoms with Gasteiger partial charge in [-0.3, -0.25) is 18.6 Å². The van der Waals surface area contributed by atoms with Crippen molar-refractivity contribution < 1.29 is 4.79 Å². The van der Waals surface area contributed by atoms with Crippen molar-refractivity contribution in [2.75, 3.05) is 12.8 Å². The van der Waals surface area contributed by atoms with Gasteiger partial charge in [0.05, 0.1) is 22.7 Å². The van der Waals surface area contributed by atoms with Gasteiger partial charge in [0, 0.05) is 13.6 Å².